The van der Waals surface area contributed by atoms with E-state index in [0.29, 0.717) is 0 Å². The van der Waals surface area contributed by atoms with Gasteiger partial charge in [0.2, 0.25) is 0 Å². The third kappa shape index (κ3) is 3.00. The number of halogens is 1. The van der Waals surface area contributed by atoms with Crippen LogP contribution in [-0.2, 0) is 9.31 Å². The van der Waals surface area contributed by atoms with Gasteiger partial charge in [0.15, 0.2) is 0 Å². The fraction of sp³-hybridized carbons (Fsp3) is 0.471. The molecule has 1 aromatic carbocycles. The van der Waals surface area contributed by atoms with E-state index in [9.17, 15) is 0 Å². The minimum atomic E-state index is -0.381. The van der Waals surface area contributed by atoms with E-state index < -0.39 is 0 Å². The number of rotatable bonds is 2. The summed E-state index contributed by atoms with van der Waals surface area (Å²) in [6.07, 6.45) is 0. The second-order valence-corrected chi connectivity index (χ2v) is 8.09. The van der Waals surface area contributed by atoms with Crippen molar-refractivity contribution in [2.45, 2.75) is 52.7 Å². The van der Waals surface area contributed by atoms with E-state index in [0.717, 1.165) is 27.0 Å². The van der Waals surface area contributed by atoms with Crippen LogP contribution in [-0.4, -0.2) is 28.1 Å². The number of aromatic nitrogens is 2. The van der Waals surface area contributed by atoms with E-state index in [1.807, 2.05) is 23.7 Å². The molecule has 3 rings (SSSR count). The van der Waals surface area contributed by atoms with Gasteiger partial charge >= 0.3 is 7.12 Å². The van der Waals surface area contributed by atoms with Gasteiger partial charge in [0.05, 0.1) is 22.6 Å². The number of nitrogens with zero attached hydrogens (tertiary/aromatic N) is 2. The fourth-order valence-electron chi connectivity index (χ4n) is 2.72. The number of hydrogen-bond acceptors (Lipinski definition) is 3. The Morgan fingerprint density at radius 3 is 2.13 bits per heavy atom. The number of hydrogen-bond donors (Lipinski definition) is 0. The molecule has 2 aromatic rings. The smallest absolute Gasteiger partial charge is 0.399 e. The van der Waals surface area contributed by atoms with E-state index in [4.69, 9.17) is 9.31 Å². The predicted octanol–water partition coefficient (Wildman–Crippen LogP) is 3.55. The molecule has 0 aliphatic carbocycles. The normalized spacial score (nSPS) is 19.3. The molecule has 4 nitrogen and oxygen atoms in total. The van der Waals surface area contributed by atoms with Crippen LogP contribution >= 0.6 is 15.9 Å². The van der Waals surface area contributed by atoms with Gasteiger partial charge in [0, 0.05) is 10.2 Å². The van der Waals surface area contributed by atoms with Gasteiger partial charge in [-0.15, -0.1) is 0 Å². The summed E-state index contributed by atoms with van der Waals surface area (Å²) in [6.45, 7) is 12.3. The molecule has 23 heavy (non-hydrogen) atoms. The highest BCUT2D eigenvalue weighted by Gasteiger charge is 2.51. The average Bonchev–Trinajstić information content (AvgIpc) is 2.85. The van der Waals surface area contributed by atoms with E-state index in [1.54, 1.807) is 0 Å². The van der Waals surface area contributed by atoms with Crippen molar-refractivity contribution < 1.29 is 9.31 Å². The predicted molar refractivity (Wildman–Crippen MR) is 96.5 cm³/mol. The van der Waals surface area contributed by atoms with Gasteiger partial charge in [0.1, 0.15) is 0 Å². The van der Waals surface area contributed by atoms with E-state index in [1.165, 1.54) is 0 Å². The standard InChI is InChI=1S/C17H22BBrN2O2/c1-11-7-12(2)21(20-11)15-9-13(8-14(19)10-15)18-22-16(3,4)17(5,6)23-18/h7-10H,1-6H3. The summed E-state index contributed by atoms with van der Waals surface area (Å²) in [5.41, 5.74) is 3.38. The van der Waals surface area contributed by atoms with Crippen LogP contribution in [0.2, 0.25) is 0 Å². The molecular formula is C17H22BBrN2O2. The van der Waals surface area contributed by atoms with Crippen LogP contribution in [0.4, 0.5) is 0 Å². The fourth-order valence-corrected chi connectivity index (χ4v) is 3.22. The van der Waals surface area contributed by atoms with E-state index in [-0.39, 0.29) is 18.3 Å². The summed E-state index contributed by atoms with van der Waals surface area (Å²) in [6, 6.07) is 8.23. The van der Waals surface area contributed by atoms with Crippen LogP contribution in [0.5, 0.6) is 0 Å². The minimum absolute atomic E-state index is 0.349. The summed E-state index contributed by atoms with van der Waals surface area (Å²) in [7, 11) is -0.381. The molecule has 0 unspecified atom stereocenters. The Hall–Kier alpha value is -1.11. The first-order valence-corrected chi connectivity index (χ1v) is 8.58. The highest BCUT2D eigenvalue weighted by Crippen LogP contribution is 2.36. The van der Waals surface area contributed by atoms with Crippen LogP contribution < -0.4 is 5.46 Å². The zero-order chi connectivity index (χ0) is 17.0. The SMILES string of the molecule is Cc1cc(C)n(-c2cc(Br)cc(B3OC(C)(C)C(C)(C)O3)c2)n1. The van der Waals surface area contributed by atoms with Crippen molar-refractivity contribution in [2.24, 2.45) is 0 Å². The first kappa shape index (κ1) is 16.7. The lowest BCUT2D eigenvalue weighted by Gasteiger charge is -2.32. The second-order valence-electron chi connectivity index (χ2n) is 7.17. The molecule has 1 fully saturated rings. The Morgan fingerprint density at radius 2 is 1.61 bits per heavy atom. The Kier molecular flexibility index (Phi) is 3.98. The monoisotopic (exact) mass is 376 g/mol. The zero-order valence-corrected chi connectivity index (χ0v) is 16.1. The summed E-state index contributed by atoms with van der Waals surface area (Å²) < 4.78 is 15.2. The van der Waals surface area contributed by atoms with Crippen molar-refractivity contribution in [3.63, 3.8) is 0 Å². The van der Waals surface area contributed by atoms with Crippen LogP contribution in [0.25, 0.3) is 5.69 Å². The third-order valence-electron chi connectivity index (χ3n) is 4.68. The summed E-state index contributed by atoms with van der Waals surface area (Å²) in [5, 5.41) is 4.56. The lowest BCUT2D eigenvalue weighted by molar-refractivity contribution is 0.00578. The lowest BCUT2D eigenvalue weighted by atomic mass is 9.79. The topological polar surface area (TPSA) is 36.3 Å². The minimum Gasteiger partial charge on any atom is -0.399 e. The van der Waals surface area contributed by atoms with Crippen molar-refractivity contribution in [1.29, 1.82) is 0 Å². The first-order chi connectivity index (χ1) is 10.6. The summed E-state index contributed by atoms with van der Waals surface area (Å²) >= 11 is 3.59. The van der Waals surface area contributed by atoms with E-state index in [2.05, 4.69) is 67.8 Å². The molecule has 6 heteroatoms. The van der Waals surface area contributed by atoms with Crippen molar-refractivity contribution in [3.8, 4) is 5.69 Å². The Balaban J connectivity index is 2.01. The van der Waals surface area contributed by atoms with Crippen molar-refractivity contribution >= 4 is 28.5 Å². The molecule has 0 saturated carbocycles. The van der Waals surface area contributed by atoms with E-state index >= 15 is 0 Å². The van der Waals surface area contributed by atoms with Crippen LogP contribution in [0.15, 0.2) is 28.7 Å². The molecule has 1 saturated heterocycles. The van der Waals surface area contributed by atoms with Gasteiger partial charge in [-0.05, 0) is 71.3 Å². The van der Waals surface area contributed by atoms with Gasteiger partial charge in [-0.25, -0.2) is 4.68 Å². The largest absolute Gasteiger partial charge is 0.494 e. The Morgan fingerprint density at radius 1 is 1.00 bits per heavy atom. The zero-order valence-electron chi connectivity index (χ0n) is 14.5. The average molecular weight is 377 g/mol. The molecule has 1 aromatic heterocycles. The number of benzene rings is 1. The molecule has 122 valence electrons. The molecule has 0 amide bonds. The van der Waals surface area contributed by atoms with Crippen LogP contribution in [0.3, 0.4) is 0 Å². The van der Waals surface area contributed by atoms with Gasteiger partial charge < -0.3 is 9.31 Å². The molecule has 0 radical (unpaired) electrons. The molecule has 2 heterocycles. The first-order valence-electron chi connectivity index (χ1n) is 7.79. The molecule has 1 aliphatic rings. The van der Waals surface area contributed by atoms with Crippen LogP contribution in [0.1, 0.15) is 39.1 Å². The van der Waals surface area contributed by atoms with Gasteiger partial charge in [0.25, 0.3) is 0 Å². The molecule has 0 spiro atoms. The number of aryl methyl sites for hydroxylation is 2. The van der Waals surface area contributed by atoms with Crippen molar-refractivity contribution in [1.82, 2.24) is 9.78 Å². The molecule has 0 N–H and O–H groups in total. The maximum atomic E-state index is 6.16. The third-order valence-corrected chi connectivity index (χ3v) is 5.14. The highest BCUT2D eigenvalue weighted by molar-refractivity contribution is 9.10. The van der Waals surface area contributed by atoms with Gasteiger partial charge in [-0.3, -0.25) is 0 Å². The Bertz CT molecular complexity index is 739. The van der Waals surface area contributed by atoms with Gasteiger partial charge in [-0.1, -0.05) is 15.9 Å². The summed E-state index contributed by atoms with van der Waals surface area (Å²) in [4.78, 5) is 0. The molecule has 0 bridgehead atoms. The molecule has 1 aliphatic heterocycles. The summed E-state index contributed by atoms with van der Waals surface area (Å²) in [5.74, 6) is 0. The van der Waals surface area contributed by atoms with Crippen LogP contribution in [0, 0.1) is 13.8 Å². The molecule has 0 atom stereocenters. The van der Waals surface area contributed by atoms with Gasteiger partial charge in [-0.2, -0.15) is 5.10 Å². The Labute approximate surface area is 146 Å². The van der Waals surface area contributed by atoms with Crippen molar-refractivity contribution in [2.75, 3.05) is 0 Å². The lowest BCUT2D eigenvalue weighted by Crippen LogP contribution is -2.41. The quantitative estimate of drug-likeness (QED) is 0.752. The second kappa shape index (κ2) is 5.47. The maximum Gasteiger partial charge on any atom is 0.494 e. The maximum absolute atomic E-state index is 6.16. The highest BCUT2D eigenvalue weighted by atomic mass is 79.9. The van der Waals surface area contributed by atoms with Crippen molar-refractivity contribution in [3.05, 3.63) is 40.1 Å². The molecular weight excluding hydrogens is 355 g/mol.